The van der Waals surface area contributed by atoms with Crippen molar-refractivity contribution in [2.75, 3.05) is 13.7 Å². The molecule has 0 saturated carbocycles. The molecule has 4 heteroatoms. The first-order valence-corrected chi connectivity index (χ1v) is 8.28. The lowest BCUT2D eigenvalue weighted by molar-refractivity contribution is -0.128. The first kappa shape index (κ1) is 17.9. The second-order valence-corrected chi connectivity index (χ2v) is 5.72. The molecule has 0 aliphatic heterocycles. The number of ether oxygens (including phenoxy) is 2. The third-order valence-corrected chi connectivity index (χ3v) is 3.95. The quantitative estimate of drug-likeness (QED) is 0.803. The van der Waals surface area contributed by atoms with Gasteiger partial charge >= 0.3 is 0 Å². The van der Waals surface area contributed by atoms with Gasteiger partial charge in [-0.05, 0) is 30.0 Å². The average Bonchev–Trinajstić information content (AvgIpc) is 2.64. The Morgan fingerprint density at radius 2 is 1.67 bits per heavy atom. The number of benzene rings is 2. The topological polar surface area (TPSA) is 47.6 Å². The molecule has 1 amide bonds. The van der Waals surface area contributed by atoms with Gasteiger partial charge in [-0.25, -0.2) is 0 Å². The smallest absolute Gasteiger partial charge is 0.261 e. The van der Waals surface area contributed by atoms with Crippen LogP contribution in [0.5, 0.6) is 11.5 Å². The van der Waals surface area contributed by atoms with Gasteiger partial charge in [-0.3, -0.25) is 4.79 Å². The minimum absolute atomic E-state index is 0.105. The Morgan fingerprint density at radius 3 is 2.29 bits per heavy atom. The highest BCUT2D eigenvalue weighted by atomic mass is 16.5. The van der Waals surface area contributed by atoms with Crippen molar-refractivity contribution < 1.29 is 14.3 Å². The van der Waals surface area contributed by atoms with Crippen LogP contribution in [0, 0.1) is 0 Å². The van der Waals surface area contributed by atoms with E-state index < -0.39 is 6.10 Å². The molecule has 0 spiro atoms. The van der Waals surface area contributed by atoms with Crippen LogP contribution in [0.1, 0.15) is 31.7 Å². The fourth-order valence-electron chi connectivity index (χ4n) is 2.46. The van der Waals surface area contributed by atoms with Crippen LogP contribution in [0.25, 0.3) is 0 Å². The molecule has 0 heterocycles. The van der Waals surface area contributed by atoms with E-state index in [4.69, 9.17) is 9.47 Å². The van der Waals surface area contributed by atoms with Crippen molar-refractivity contribution in [2.24, 2.45) is 0 Å². The van der Waals surface area contributed by atoms with E-state index in [1.807, 2.05) is 43.3 Å². The SMILES string of the molecule is CCC(Oc1ccccc1OC)C(=O)NCC(C)c1ccccc1. The summed E-state index contributed by atoms with van der Waals surface area (Å²) in [5.74, 6) is 1.35. The summed E-state index contributed by atoms with van der Waals surface area (Å²) >= 11 is 0. The third kappa shape index (κ3) is 4.75. The molecular formula is C20H25NO3. The second-order valence-electron chi connectivity index (χ2n) is 5.72. The summed E-state index contributed by atoms with van der Waals surface area (Å²) in [5.41, 5.74) is 1.21. The van der Waals surface area contributed by atoms with Crippen LogP contribution in [0.3, 0.4) is 0 Å². The molecule has 0 radical (unpaired) electrons. The van der Waals surface area contributed by atoms with Crippen LogP contribution in [-0.4, -0.2) is 25.7 Å². The number of nitrogens with one attached hydrogen (secondary N) is 1. The molecule has 2 aromatic rings. The number of rotatable bonds is 8. The van der Waals surface area contributed by atoms with E-state index in [9.17, 15) is 4.79 Å². The Kier molecular flexibility index (Phi) is 6.67. The molecular weight excluding hydrogens is 302 g/mol. The van der Waals surface area contributed by atoms with Gasteiger partial charge in [-0.15, -0.1) is 0 Å². The molecule has 24 heavy (non-hydrogen) atoms. The number of hydrogen-bond acceptors (Lipinski definition) is 3. The fourth-order valence-corrected chi connectivity index (χ4v) is 2.46. The highest BCUT2D eigenvalue weighted by Gasteiger charge is 2.20. The molecule has 2 atom stereocenters. The zero-order valence-corrected chi connectivity index (χ0v) is 14.5. The molecule has 2 rings (SSSR count). The highest BCUT2D eigenvalue weighted by molar-refractivity contribution is 5.81. The molecule has 4 nitrogen and oxygen atoms in total. The van der Waals surface area contributed by atoms with Crippen molar-refractivity contribution in [1.29, 1.82) is 0 Å². The lowest BCUT2D eigenvalue weighted by atomic mass is 10.0. The number of para-hydroxylation sites is 2. The molecule has 0 bridgehead atoms. The summed E-state index contributed by atoms with van der Waals surface area (Å²) in [4.78, 5) is 12.4. The van der Waals surface area contributed by atoms with Gasteiger partial charge in [0.05, 0.1) is 7.11 Å². The molecule has 0 saturated heterocycles. The molecule has 0 fully saturated rings. The van der Waals surface area contributed by atoms with Crippen molar-refractivity contribution in [3.05, 3.63) is 60.2 Å². The lowest BCUT2D eigenvalue weighted by Gasteiger charge is -2.20. The molecule has 1 N–H and O–H groups in total. The van der Waals surface area contributed by atoms with Gasteiger partial charge in [0.15, 0.2) is 17.6 Å². The number of methoxy groups -OCH3 is 1. The van der Waals surface area contributed by atoms with Gasteiger partial charge < -0.3 is 14.8 Å². The number of amides is 1. The van der Waals surface area contributed by atoms with Gasteiger partial charge in [0.25, 0.3) is 5.91 Å². The average molecular weight is 327 g/mol. The van der Waals surface area contributed by atoms with E-state index >= 15 is 0 Å². The first-order valence-electron chi connectivity index (χ1n) is 8.28. The Balaban J connectivity index is 1.94. The predicted octanol–water partition coefficient (Wildman–Crippen LogP) is 3.77. The van der Waals surface area contributed by atoms with Crippen molar-refractivity contribution >= 4 is 5.91 Å². The van der Waals surface area contributed by atoms with Crippen LogP contribution in [-0.2, 0) is 4.79 Å². The van der Waals surface area contributed by atoms with Crippen LogP contribution >= 0.6 is 0 Å². The van der Waals surface area contributed by atoms with Crippen LogP contribution in [0.4, 0.5) is 0 Å². The van der Waals surface area contributed by atoms with E-state index in [0.717, 1.165) is 0 Å². The predicted molar refractivity (Wildman–Crippen MR) is 95.6 cm³/mol. The van der Waals surface area contributed by atoms with Crippen LogP contribution in [0.2, 0.25) is 0 Å². The number of carbonyl (C=O) groups excluding carboxylic acids is 1. The standard InChI is InChI=1S/C20H25NO3/c1-4-17(24-19-13-9-8-12-18(19)23-3)20(22)21-14-15(2)16-10-6-5-7-11-16/h5-13,15,17H,4,14H2,1-3H3,(H,21,22). The van der Waals surface area contributed by atoms with E-state index in [0.29, 0.717) is 24.5 Å². The van der Waals surface area contributed by atoms with Crippen molar-refractivity contribution in [3.63, 3.8) is 0 Å². The summed E-state index contributed by atoms with van der Waals surface area (Å²) in [6, 6.07) is 17.5. The minimum atomic E-state index is -0.538. The molecule has 2 unspecified atom stereocenters. The van der Waals surface area contributed by atoms with E-state index in [-0.39, 0.29) is 11.8 Å². The lowest BCUT2D eigenvalue weighted by Crippen LogP contribution is -2.39. The fraction of sp³-hybridized carbons (Fsp3) is 0.350. The summed E-state index contributed by atoms with van der Waals surface area (Å²) < 4.78 is 11.1. The van der Waals surface area contributed by atoms with Gasteiger partial charge in [0.1, 0.15) is 0 Å². The zero-order chi connectivity index (χ0) is 17.4. The first-order chi connectivity index (χ1) is 11.7. The van der Waals surface area contributed by atoms with E-state index in [1.165, 1.54) is 5.56 Å². The molecule has 0 aliphatic carbocycles. The monoisotopic (exact) mass is 327 g/mol. The maximum Gasteiger partial charge on any atom is 0.261 e. The number of carbonyl (C=O) groups is 1. The Morgan fingerprint density at radius 1 is 1.04 bits per heavy atom. The van der Waals surface area contributed by atoms with Gasteiger partial charge in [0.2, 0.25) is 0 Å². The van der Waals surface area contributed by atoms with Crippen LogP contribution in [0.15, 0.2) is 54.6 Å². The second kappa shape index (κ2) is 8.96. The summed E-state index contributed by atoms with van der Waals surface area (Å²) in [6.45, 7) is 4.60. The normalized spacial score (nSPS) is 13.0. The van der Waals surface area contributed by atoms with Gasteiger partial charge in [-0.1, -0.05) is 56.3 Å². The summed E-state index contributed by atoms with van der Waals surface area (Å²) in [6.07, 6.45) is 0.0492. The number of hydrogen-bond donors (Lipinski definition) is 1. The Bertz CT molecular complexity index is 642. The molecule has 0 aromatic heterocycles. The minimum Gasteiger partial charge on any atom is -0.493 e. The maximum atomic E-state index is 12.4. The summed E-state index contributed by atoms with van der Waals surface area (Å²) in [5, 5.41) is 2.98. The third-order valence-electron chi connectivity index (χ3n) is 3.95. The Labute approximate surface area is 143 Å². The van der Waals surface area contributed by atoms with E-state index in [2.05, 4.69) is 24.4 Å². The maximum absolute atomic E-state index is 12.4. The largest absolute Gasteiger partial charge is 0.493 e. The molecule has 0 aliphatic rings. The van der Waals surface area contributed by atoms with Crippen molar-refractivity contribution in [3.8, 4) is 11.5 Å². The van der Waals surface area contributed by atoms with Crippen molar-refractivity contribution in [1.82, 2.24) is 5.32 Å². The van der Waals surface area contributed by atoms with Gasteiger partial charge in [-0.2, -0.15) is 0 Å². The molecule has 2 aromatic carbocycles. The Hall–Kier alpha value is -2.49. The summed E-state index contributed by atoms with van der Waals surface area (Å²) in [7, 11) is 1.59. The zero-order valence-electron chi connectivity index (χ0n) is 14.5. The van der Waals surface area contributed by atoms with E-state index in [1.54, 1.807) is 13.2 Å². The molecule has 128 valence electrons. The van der Waals surface area contributed by atoms with Gasteiger partial charge in [0, 0.05) is 6.54 Å². The van der Waals surface area contributed by atoms with Crippen molar-refractivity contribution in [2.45, 2.75) is 32.3 Å². The highest BCUT2D eigenvalue weighted by Crippen LogP contribution is 2.27. The van der Waals surface area contributed by atoms with Crippen LogP contribution < -0.4 is 14.8 Å².